The van der Waals surface area contributed by atoms with E-state index in [1.165, 1.54) is 13.1 Å². The average molecular weight is 344 g/mol. The number of H-pyrrole nitrogens is 1. The minimum atomic E-state index is -0.275. The van der Waals surface area contributed by atoms with Gasteiger partial charge in [0.05, 0.1) is 16.4 Å². The van der Waals surface area contributed by atoms with Crippen molar-refractivity contribution in [3.05, 3.63) is 69.8 Å². The number of ketones is 1. The van der Waals surface area contributed by atoms with Gasteiger partial charge in [0.2, 0.25) is 0 Å². The summed E-state index contributed by atoms with van der Waals surface area (Å²) in [6.07, 6.45) is 1.41. The lowest BCUT2D eigenvalue weighted by molar-refractivity contribution is 0.101. The third kappa shape index (κ3) is 2.00. The highest BCUT2D eigenvalue weighted by atomic mass is 16.3. The number of aromatic hydroxyl groups is 1. The van der Waals surface area contributed by atoms with E-state index in [4.69, 9.17) is 0 Å². The molecule has 0 unspecified atom stereocenters. The molecule has 0 aliphatic rings. The van der Waals surface area contributed by atoms with Crippen molar-refractivity contribution >= 4 is 38.2 Å². The lowest BCUT2D eigenvalue weighted by atomic mass is 9.91. The summed E-state index contributed by atoms with van der Waals surface area (Å²) in [6.45, 7) is 6.87. The van der Waals surface area contributed by atoms with E-state index >= 15 is 0 Å². The van der Waals surface area contributed by atoms with E-state index in [0.717, 1.165) is 5.56 Å². The molecule has 0 bridgehead atoms. The van der Waals surface area contributed by atoms with Crippen molar-refractivity contribution in [2.75, 3.05) is 0 Å². The summed E-state index contributed by atoms with van der Waals surface area (Å²) >= 11 is 0. The first-order valence-electron chi connectivity index (χ1n) is 8.18. The highest BCUT2D eigenvalue weighted by molar-refractivity contribution is 6.27. The fraction of sp³-hybridized carbons (Fsp3) is 0.0952. The van der Waals surface area contributed by atoms with Crippen LogP contribution in [0.25, 0.3) is 32.4 Å². The summed E-state index contributed by atoms with van der Waals surface area (Å²) in [4.78, 5) is 32.5. The third-order valence-corrected chi connectivity index (χ3v) is 4.81. The predicted molar refractivity (Wildman–Crippen MR) is 103 cm³/mol. The van der Waals surface area contributed by atoms with Crippen molar-refractivity contribution in [2.45, 2.75) is 13.8 Å². The van der Waals surface area contributed by atoms with E-state index < -0.39 is 0 Å². The summed E-state index contributed by atoms with van der Waals surface area (Å²) in [7, 11) is 0. The topological polar surface area (TPSA) is 82.5 Å². The highest BCUT2D eigenvalue weighted by Crippen LogP contribution is 2.36. The Morgan fingerprint density at radius 2 is 1.88 bits per heavy atom. The standard InChI is InChI=1S/C21H16N2O3/c1-4-22-15-9-14-18-17(12-7-5-6-8-13(12)20(14)25)16(11(3)24)21(26)23-19(18)10(15)2/h4-9,23,26H,1H2,2-3H3. The molecule has 0 saturated carbocycles. The van der Waals surface area contributed by atoms with Crippen LogP contribution in [0.1, 0.15) is 22.8 Å². The number of aryl methyl sites for hydroxylation is 1. The second kappa shape index (κ2) is 5.52. The van der Waals surface area contributed by atoms with Crippen LogP contribution >= 0.6 is 0 Å². The molecule has 1 aromatic heterocycles. The van der Waals surface area contributed by atoms with Crippen LogP contribution in [0, 0.1) is 6.92 Å². The molecule has 0 spiro atoms. The normalized spacial score (nSPS) is 12.3. The number of pyridine rings is 1. The van der Waals surface area contributed by atoms with Crippen molar-refractivity contribution in [1.29, 1.82) is 0 Å². The summed E-state index contributed by atoms with van der Waals surface area (Å²) in [6, 6.07) is 8.85. The molecule has 2 N–H and O–H groups in total. The largest absolute Gasteiger partial charge is 0.494 e. The molecule has 0 atom stereocenters. The zero-order valence-corrected chi connectivity index (χ0v) is 14.4. The van der Waals surface area contributed by atoms with Gasteiger partial charge in [0.25, 0.3) is 0 Å². The van der Waals surface area contributed by atoms with Crippen molar-refractivity contribution in [1.82, 2.24) is 4.98 Å². The van der Waals surface area contributed by atoms with Gasteiger partial charge in [-0.1, -0.05) is 30.8 Å². The maximum Gasteiger partial charge on any atom is 0.200 e. The lowest BCUT2D eigenvalue weighted by Gasteiger charge is -2.15. The fourth-order valence-corrected chi connectivity index (χ4v) is 3.68. The molecular formula is C21H16N2O3. The molecule has 0 fully saturated rings. The zero-order chi connectivity index (χ0) is 18.6. The van der Waals surface area contributed by atoms with Crippen LogP contribution < -0.4 is 10.8 Å². The van der Waals surface area contributed by atoms with Crippen molar-refractivity contribution < 1.29 is 9.90 Å². The van der Waals surface area contributed by atoms with Gasteiger partial charge in [0.15, 0.2) is 17.1 Å². The van der Waals surface area contributed by atoms with Gasteiger partial charge in [-0.2, -0.15) is 0 Å². The van der Waals surface area contributed by atoms with Crippen LogP contribution in [0.3, 0.4) is 0 Å². The number of Topliss-reactive ketones (excluding diaryl/α,β-unsaturated/α-hetero) is 1. The van der Waals surface area contributed by atoms with Gasteiger partial charge in [0.1, 0.15) is 0 Å². The summed E-state index contributed by atoms with van der Waals surface area (Å²) in [5.41, 5.74) is 1.41. The van der Waals surface area contributed by atoms with Crippen LogP contribution in [0.5, 0.6) is 5.88 Å². The van der Waals surface area contributed by atoms with E-state index in [0.29, 0.717) is 37.8 Å². The SMILES string of the molecule is C=CN=c1cc2c(=O)c3ccccc3c3c(C(C)=O)c(O)[nH]c(c1C)c23. The Hall–Kier alpha value is -3.47. The van der Waals surface area contributed by atoms with Crippen LogP contribution in [0.15, 0.2) is 52.9 Å². The number of aromatic nitrogens is 1. The molecule has 26 heavy (non-hydrogen) atoms. The van der Waals surface area contributed by atoms with E-state index in [1.807, 2.05) is 13.0 Å². The van der Waals surface area contributed by atoms with Gasteiger partial charge in [-0.25, -0.2) is 0 Å². The number of hydrogen-bond acceptors (Lipinski definition) is 4. The third-order valence-electron chi connectivity index (χ3n) is 4.81. The molecule has 5 nitrogen and oxygen atoms in total. The average Bonchev–Trinajstić information content (AvgIpc) is 2.62. The minimum Gasteiger partial charge on any atom is -0.494 e. The molecule has 0 amide bonds. The summed E-state index contributed by atoms with van der Waals surface area (Å²) < 4.78 is 0. The van der Waals surface area contributed by atoms with E-state index in [9.17, 15) is 14.7 Å². The van der Waals surface area contributed by atoms with Crippen molar-refractivity contribution in [3.8, 4) is 5.88 Å². The Kier molecular flexibility index (Phi) is 3.40. The number of fused-ring (bicyclic) bond motifs is 2. The first-order chi connectivity index (χ1) is 12.5. The van der Waals surface area contributed by atoms with E-state index in [2.05, 4.69) is 16.6 Å². The molecule has 0 aliphatic carbocycles. The quantitative estimate of drug-likeness (QED) is 0.331. The predicted octanol–water partition coefficient (Wildman–Crippen LogP) is 3.53. The van der Waals surface area contributed by atoms with Gasteiger partial charge >= 0.3 is 0 Å². The van der Waals surface area contributed by atoms with Gasteiger partial charge in [-0.15, -0.1) is 0 Å². The smallest absolute Gasteiger partial charge is 0.200 e. The summed E-state index contributed by atoms with van der Waals surface area (Å²) in [5, 5.41) is 14.0. The highest BCUT2D eigenvalue weighted by Gasteiger charge is 2.22. The van der Waals surface area contributed by atoms with Crippen molar-refractivity contribution in [2.24, 2.45) is 4.99 Å². The molecule has 0 saturated heterocycles. The Balaban J connectivity index is 2.52. The molecule has 4 rings (SSSR count). The van der Waals surface area contributed by atoms with Crippen molar-refractivity contribution in [3.63, 3.8) is 0 Å². The lowest BCUT2D eigenvalue weighted by Crippen LogP contribution is -2.14. The molecule has 5 heteroatoms. The molecule has 3 aromatic carbocycles. The Morgan fingerprint density at radius 1 is 1.19 bits per heavy atom. The van der Waals surface area contributed by atoms with Crippen LogP contribution in [0.4, 0.5) is 0 Å². The second-order valence-corrected chi connectivity index (χ2v) is 6.28. The zero-order valence-electron chi connectivity index (χ0n) is 14.4. The first kappa shape index (κ1) is 16.0. The number of rotatable bonds is 2. The van der Waals surface area contributed by atoms with Gasteiger partial charge < -0.3 is 10.1 Å². The molecule has 1 heterocycles. The minimum absolute atomic E-state index is 0.132. The van der Waals surface area contributed by atoms with E-state index in [1.54, 1.807) is 24.3 Å². The Morgan fingerprint density at radius 3 is 2.54 bits per heavy atom. The number of carbonyl (C=O) groups is 1. The number of nitrogens with one attached hydrogen (secondary N) is 1. The Labute approximate surface area is 148 Å². The number of hydrogen-bond donors (Lipinski definition) is 2. The monoisotopic (exact) mass is 344 g/mol. The Bertz CT molecular complexity index is 1360. The summed E-state index contributed by atoms with van der Waals surface area (Å²) in [5.74, 6) is -0.489. The second-order valence-electron chi connectivity index (χ2n) is 6.28. The van der Waals surface area contributed by atoms with Crippen LogP contribution in [0.2, 0.25) is 0 Å². The van der Waals surface area contributed by atoms with Gasteiger partial charge in [0, 0.05) is 27.7 Å². The van der Waals surface area contributed by atoms with Gasteiger partial charge in [-0.3, -0.25) is 14.6 Å². The first-order valence-corrected chi connectivity index (χ1v) is 8.18. The number of benzene rings is 3. The number of carbonyl (C=O) groups excluding carboxylic acids is 1. The van der Waals surface area contributed by atoms with Crippen LogP contribution in [-0.4, -0.2) is 15.9 Å². The van der Waals surface area contributed by atoms with Gasteiger partial charge in [-0.05, 0) is 30.9 Å². The number of aromatic amines is 1. The molecule has 0 aliphatic heterocycles. The maximum atomic E-state index is 13.1. The fourth-order valence-electron chi connectivity index (χ4n) is 3.68. The molecule has 128 valence electrons. The van der Waals surface area contributed by atoms with Crippen LogP contribution in [-0.2, 0) is 0 Å². The van der Waals surface area contributed by atoms with E-state index in [-0.39, 0.29) is 22.7 Å². The maximum absolute atomic E-state index is 13.1. The molecule has 4 aromatic rings. The number of nitrogens with zero attached hydrogens (tertiary/aromatic N) is 1. The molecule has 0 radical (unpaired) electrons. The molecular weight excluding hydrogens is 328 g/mol.